The SMILES string of the molecule is NCC(c1ccc(Br)cc1)N1CC(O)C(O)C1. The van der Waals surface area contributed by atoms with Gasteiger partial charge in [0, 0.05) is 30.1 Å². The zero-order chi connectivity index (χ0) is 12.4. The Morgan fingerprint density at radius 1 is 1.24 bits per heavy atom. The van der Waals surface area contributed by atoms with Crippen LogP contribution in [-0.2, 0) is 0 Å². The quantitative estimate of drug-likeness (QED) is 0.760. The van der Waals surface area contributed by atoms with E-state index in [1.54, 1.807) is 0 Å². The van der Waals surface area contributed by atoms with Crippen molar-refractivity contribution in [3.05, 3.63) is 34.3 Å². The van der Waals surface area contributed by atoms with Gasteiger partial charge in [0.1, 0.15) is 0 Å². The van der Waals surface area contributed by atoms with Gasteiger partial charge in [-0.1, -0.05) is 28.1 Å². The second-order valence-corrected chi connectivity index (χ2v) is 5.31. The number of β-amino-alcohol motifs (C(OH)–C–C–N with tert-alkyl or cyclic N) is 2. The number of hydrogen-bond acceptors (Lipinski definition) is 4. The third-order valence-electron chi connectivity index (χ3n) is 3.21. The van der Waals surface area contributed by atoms with E-state index in [-0.39, 0.29) is 6.04 Å². The van der Waals surface area contributed by atoms with Crippen molar-refractivity contribution in [1.29, 1.82) is 0 Å². The third-order valence-corrected chi connectivity index (χ3v) is 3.73. The molecule has 1 aliphatic rings. The standard InChI is InChI=1S/C12H17BrN2O2/c13-9-3-1-8(2-4-9)10(5-14)15-6-11(16)12(17)7-15/h1-4,10-12,16-17H,5-7,14H2. The number of aliphatic hydroxyl groups is 2. The molecule has 1 aliphatic heterocycles. The van der Waals surface area contributed by atoms with Crippen LogP contribution in [0, 0.1) is 0 Å². The van der Waals surface area contributed by atoms with E-state index in [2.05, 4.69) is 15.9 Å². The molecule has 0 radical (unpaired) electrons. The molecule has 0 amide bonds. The largest absolute Gasteiger partial charge is 0.389 e. The maximum Gasteiger partial charge on any atom is 0.0938 e. The molecular formula is C12H17BrN2O2. The summed E-state index contributed by atoms with van der Waals surface area (Å²) in [6.45, 7) is 1.42. The van der Waals surface area contributed by atoms with Crippen molar-refractivity contribution in [2.24, 2.45) is 5.73 Å². The van der Waals surface area contributed by atoms with E-state index >= 15 is 0 Å². The summed E-state index contributed by atoms with van der Waals surface area (Å²) in [5, 5.41) is 19.1. The van der Waals surface area contributed by atoms with Crippen LogP contribution in [0.4, 0.5) is 0 Å². The normalized spacial score (nSPS) is 27.3. The number of halogens is 1. The molecule has 0 spiro atoms. The van der Waals surface area contributed by atoms with Crippen LogP contribution >= 0.6 is 15.9 Å². The Morgan fingerprint density at radius 3 is 2.24 bits per heavy atom. The van der Waals surface area contributed by atoms with Crippen molar-refractivity contribution in [1.82, 2.24) is 4.90 Å². The molecular weight excluding hydrogens is 284 g/mol. The van der Waals surface area contributed by atoms with Crippen LogP contribution in [-0.4, -0.2) is 47.0 Å². The molecule has 1 aromatic rings. The van der Waals surface area contributed by atoms with E-state index in [1.807, 2.05) is 29.2 Å². The fourth-order valence-electron chi connectivity index (χ4n) is 2.23. The highest BCUT2D eigenvalue weighted by molar-refractivity contribution is 9.10. The van der Waals surface area contributed by atoms with Gasteiger partial charge in [-0.2, -0.15) is 0 Å². The third kappa shape index (κ3) is 2.86. The van der Waals surface area contributed by atoms with Crippen molar-refractivity contribution in [3.8, 4) is 0 Å². The fraction of sp³-hybridized carbons (Fsp3) is 0.500. The first-order valence-electron chi connectivity index (χ1n) is 5.67. The lowest BCUT2D eigenvalue weighted by Gasteiger charge is -2.26. The molecule has 4 N–H and O–H groups in total. The van der Waals surface area contributed by atoms with Gasteiger partial charge in [0.25, 0.3) is 0 Å². The Labute approximate surface area is 109 Å². The lowest BCUT2D eigenvalue weighted by molar-refractivity contribution is 0.0572. The Balaban J connectivity index is 2.14. The van der Waals surface area contributed by atoms with Crippen LogP contribution in [0.15, 0.2) is 28.7 Å². The van der Waals surface area contributed by atoms with Gasteiger partial charge in [0.15, 0.2) is 0 Å². The van der Waals surface area contributed by atoms with Gasteiger partial charge < -0.3 is 15.9 Å². The lowest BCUT2D eigenvalue weighted by Crippen LogP contribution is -2.32. The first kappa shape index (κ1) is 13.0. The summed E-state index contributed by atoms with van der Waals surface area (Å²) >= 11 is 3.39. The van der Waals surface area contributed by atoms with Crippen LogP contribution < -0.4 is 5.73 Å². The molecule has 1 aromatic carbocycles. The van der Waals surface area contributed by atoms with Gasteiger partial charge in [-0.05, 0) is 17.7 Å². The topological polar surface area (TPSA) is 69.7 Å². The van der Waals surface area contributed by atoms with Crippen LogP contribution in [0.1, 0.15) is 11.6 Å². The van der Waals surface area contributed by atoms with E-state index in [1.165, 1.54) is 0 Å². The predicted octanol–water partition coefficient (Wildman–Crippen LogP) is 0.486. The summed E-state index contributed by atoms with van der Waals surface area (Å²) in [5.41, 5.74) is 6.91. The van der Waals surface area contributed by atoms with Crippen LogP contribution in [0.3, 0.4) is 0 Å². The van der Waals surface area contributed by atoms with E-state index in [0.29, 0.717) is 19.6 Å². The Kier molecular flexibility index (Phi) is 4.17. The zero-order valence-corrected chi connectivity index (χ0v) is 11.0. The van der Waals surface area contributed by atoms with Crippen molar-refractivity contribution < 1.29 is 10.2 Å². The zero-order valence-electron chi connectivity index (χ0n) is 9.46. The number of nitrogens with zero attached hydrogens (tertiary/aromatic N) is 1. The molecule has 0 aromatic heterocycles. The highest BCUT2D eigenvalue weighted by Gasteiger charge is 2.33. The van der Waals surface area contributed by atoms with Crippen LogP contribution in [0.2, 0.25) is 0 Å². The summed E-state index contributed by atoms with van der Waals surface area (Å²) in [4.78, 5) is 2.03. The molecule has 3 unspecified atom stereocenters. The van der Waals surface area contributed by atoms with Crippen LogP contribution in [0.5, 0.6) is 0 Å². The highest BCUT2D eigenvalue weighted by atomic mass is 79.9. The molecule has 0 saturated carbocycles. The molecule has 17 heavy (non-hydrogen) atoms. The number of benzene rings is 1. The van der Waals surface area contributed by atoms with E-state index in [4.69, 9.17) is 5.73 Å². The van der Waals surface area contributed by atoms with Gasteiger partial charge in [-0.3, -0.25) is 4.90 Å². The minimum atomic E-state index is -0.667. The van der Waals surface area contributed by atoms with Crippen LogP contribution in [0.25, 0.3) is 0 Å². The summed E-state index contributed by atoms with van der Waals surface area (Å²) in [6.07, 6.45) is -1.33. The summed E-state index contributed by atoms with van der Waals surface area (Å²) in [6, 6.07) is 8.02. The van der Waals surface area contributed by atoms with Crippen molar-refractivity contribution in [2.75, 3.05) is 19.6 Å². The molecule has 2 rings (SSSR count). The minimum Gasteiger partial charge on any atom is -0.389 e. The molecule has 1 fully saturated rings. The lowest BCUT2D eigenvalue weighted by atomic mass is 10.1. The highest BCUT2D eigenvalue weighted by Crippen LogP contribution is 2.25. The number of likely N-dealkylation sites (tertiary alicyclic amines) is 1. The monoisotopic (exact) mass is 300 g/mol. The molecule has 0 bridgehead atoms. The van der Waals surface area contributed by atoms with E-state index < -0.39 is 12.2 Å². The Morgan fingerprint density at radius 2 is 1.76 bits per heavy atom. The average Bonchev–Trinajstić information content (AvgIpc) is 2.63. The summed E-state index contributed by atoms with van der Waals surface area (Å²) < 4.78 is 1.03. The number of rotatable bonds is 3. The summed E-state index contributed by atoms with van der Waals surface area (Å²) in [5.74, 6) is 0. The molecule has 94 valence electrons. The Bertz CT molecular complexity index is 361. The number of aliphatic hydroxyl groups excluding tert-OH is 2. The minimum absolute atomic E-state index is 0.0508. The maximum absolute atomic E-state index is 9.56. The van der Waals surface area contributed by atoms with Gasteiger partial charge in [0.05, 0.1) is 12.2 Å². The van der Waals surface area contributed by atoms with Crippen molar-refractivity contribution >= 4 is 15.9 Å². The molecule has 3 atom stereocenters. The first-order valence-corrected chi connectivity index (χ1v) is 6.47. The average molecular weight is 301 g/mol. The smallest absolute Gasteiger partial charge is 0.0938 e. The summed E-state index contributed by atoms with van der Waals surface area (Å²) in [7, 11) is 0. The van der Waals surface area contributed by atoms with Crippen molar-refractivity contribution in [3.63, 3.8) is 0 Å². The Hall–Kier alpha value is -0.460. The van der Waals surface area contributed by atoms with E-state index in [0.717, 1.165) is 10.0 Å². The first-order chi connectivity index (χ1) is 8.11. The van der Waals surface area contributed by atoms with E-state index in [9.17, 15) is 10.2 Å². The molecule has 1 saturated heterocycles. The van der Waals surface area contributed by atoms with Gasteiger partial charge >= 0.3 is 0 Å². The second-order valence-electron chi connectivity index (χ2n) is 4.39. The van der Waals surface area contributed by atoms with Gasteiger partial charge in [-0.25, -0.2) is 0 Å². The number of hydrogen-bond donors (Lipinski definition) is 3. The molecule has 5 heteroatoms. The maximum atomic E-state index is 9.56. The predicted molar refractivity (Wildman–Crippen MR) is 69.5 cm³/mol. The molecule has 0 aliphatic carbocycles. The second kappa shape index (κ2) is 5.46. The molecule has 4 nitrogen and oxygen atoms in total. The molecule has 1 heterocycles. The van der Waals surface area contributed by atoms with Gasteiger partial charge in [0.2, 0.25) is 0 Å². The van der Waals surface area contributed by atoms with Gasteiger partial charge in [-0.15, -0.1) is 0 Å². The fourth-order valence-corrected chi connectivity index (χ4v) is 2.50. The number of nitrogens with two attached hydrogens (primary N) is 1. The van der Waals surface area contributed by atoms with Crippen molar-refractivity contribution in [2.45, 2.75) is 18.2 Å².